The van der Waals surface area contributed by atoms with Gasteiger partial charge in [-0.25, -0.2) is 4.79 Å². The Balaban J connectivity index is 1.38. The molecule has 1 aliphatic heterocycles. The van der Waals surface area contributed by atoms with Crippen molar-refractivity contribution in [2.24, 2.45) is 0 Å². The number of fused-ring (bicyclic) bond motifs is 1. The van der Waals surface area contributed by atoms with Gasteiger partial charge in [0.25, 0.3) is 0 Å². The molecule has 34 heavy (non-hydrogen) atoms. The number of aliphatic carboxylic acids is 1. The minimum Gasteiger partial charge on any atom is -0.492 e. The van der Waals surface area contributed by atoms with Gasteiger partial charge in [0.05, 0.1) is 0 Å². The molecular formula is C28H28N2O4. The van der Waals surface area contributed by atoms with E-state index in [2.05, 4.69) is 39.8 Å². The van der Waals surface area contributed by atoms with Crippen LogP contribution < -0.4 is 4.74 Å². The van der Waals surface area contributed by atoms with Gasteiger partial charge >= 0.3 is 5.97 Å². The van der Waals surface area contributed by atoms with E-state index in [0.29, 0.717) is 13.2 Å². The van der Waals surface area contributed by atoms with Crippen LogP contribution in [0.1, 0.15) is 19.3 Å². The van der Waals surface area contributed by atoms with E-state index in [9.17, 15) is 14.7 Å². The molecule has 0 atom stereocenters. The Hall–Kier alpha value is -3.64. The van der Waals surface area contributed by atoms with E-state index in [-0.39, 0.29) is 17.8 Å². The molecule has 2 aromatic carbocycles. The minimum absolute atomic E-state index is 0.119. The second-order valence-corrected chi connectivity index (χ2v) is 8.91. The fourth-order valence-corrected chi connectivity index (χ4v) is 4.80. The van der Waals surface area contributed by atoms with Crippen LogP contribution >= 0.6 is 0 Å². The van der Waals surface area contributed by atoms with Crippen molar-refractivity contribution in [1.29, 1.82) is 0 Å². The van der Waals surface area contributed by atoms with Crippen molar-refractivity contribution in [3.05, 3.63) is 77.9 Å². The largest absolute Gasteiger partial charge is 0.492 e. The predicted molar refractivity (Wildman–Crippen MR) is 132 cm³/mol. The van der Waals surface area contributed by atoms with E-state index >= 15 is 0 Å². The van der Waals surface area contributed by atoms with Gasteiger partial charge in [0.1, 0.15) is 17.9 Å². The molecule has 0 spiro atoms. The number of allylic oxidation sites excluding steroid dienone is 3. The third kappa shape index (κ3) is 4.68. The summed E-state index contributed by atoms with van der Waals surface area (Å²) in [5.74, 6) is -0.661. The summed E-state index contributed by atoms with van der Waals surface area (Å²) in [6.07, 6.45) is 5.87. The molecule has 0 bridgehead atoms. The summed E-state index contributed by atoms with van der Waals surface area (Å²) in [7, 11) is 0. The molecule has 1 aliphatic carbocycles. The van der Waals surface area contributed by atoms with Gasteiger partial charge in [-0.3, -0.25) is 9.69 Å². The van der Waals surface area contributed by atoms with Crippen molar-refractivity contribution in [2.75, 3.05) is 26.2 Å². The molecule has 6 heteroatoms. The summed E-state index contributed by atoms with van der Waals surface area (Å²) in [4.78, 5) is 25.9. The van der Waals surface area contributed by atoms with Crippen LogP contribution in [0.25, 0.3) is 22.2 Å². The number of carboxylic acid groups (broad SMARTS) is 1. The quantitative estimate of drug-likeness (QED) is 0.498. The molecule has 0 saturated carbocycles. The highest BCUT2D eigenvalue weighted by molar-refractivity contribution is 6.18. The third-order valence-electron chi connectivity index (χ3n) is 6.60. The van der Waals surface area contributed by atoms with E-state index < -0.39 is 5.97 Å². The van der Waals surface area contributed by atoms with Gasteiger partial charge in [0, 0.05) is 36.1 Å². The van der Waals surface area contributed by atoms with Crippen molar-refractivity contribution >= 4 is 22.7 Å². The Morgan fingerprint density at radius 3 is 2.50 bits per heavy atom. The van der Waals surface area contributed by atoms with Gasteiger partial charge in [-0.05, 0) is 79.5 Å². The number of Topliss-reactive ketones (excluding diaryl/α,β-unsaturated/α-hetero) is 1. The minimum atomic E-state index is -1.17. The Labute approximate surface area is 198 Å². The number of para-hydroxylation sites is 1. The molecule has 0 radical (unpaired) electrons. The zero-order chi connectivity index (χ0) is 23.5. The maximum Gasteiger partial charge on any atom is 0.339 e. The number of ether oxygens (including phenoxy) is 1. The lowest BCUT2D eigenvalue weighted by atomic mass is 9.97. The number of carbonyl (C=O) groups excluding carboxylic acids is 1. The Morgan fingerprint density at radius 2 is 1.76 bits per heavy atom. The Kier molecular flexibility index (Phi) is 6.32. The predicted octanol–water partition coefficient (Wildman–Crippen LogP) is 4.69. The number of hydrogen-bond acceptors (Lipinski definition) is 4. The summed E-state index contributed by atoms with van der Waals surface area (Å²) in [6, 6.07) is 18.5. The normalized spacial score (nSPS) is 16.5. The van der Waals surface area contributed by atoms with Crippen molar-refractivity contribution in [3.8, 4) is 17.0 Å². The first-order valence-corrected chi connectivity index (χ1v) is 11.8. The monoisotopic (exact) mass is 456 g/mol. The van der Waals surface area contributed by atoms with Gasteiger partial charge in [-0.1, -0.05) is 24.3 Å². The van der Waals surface area contributed by atoms with Crippen molar-refractivity contribution in [2.45, 2.75) is 25.8 Å². The average Bonchev–Trinajstić information content (AvgIpc) is 3.48. The first-order valence-electron chi connectivity index (χ1n) is 11.8. The molecule has 174 valence electrons. The first kappa shape index (κ1) is 22.2. The van der Waals surface area contributed by atoms with Crippen LogP contribution in [-0.2, 0) is 16.1 Å². The maximum atomic E-state index is 12.3. The molecule has 2 aliphatic rings. The number of carboxylic acids is 1. The molecule has 1 fully saturated rings. The zero-order valence-electron chi connectivity index (χ0n) is 19.1. The van der Waals surface area contributed by atoms with E-state index in [4.69, 9.17) is 4.74 Å². The summed E-state index contributed by atoms with van der Waals surface area (Å²) in [5.41, 5.74) is 3.92. The van der Waals surface area contributed by atoms with Crippen LogP contribution in [0.15, 0.2) is 77.9 Å². The van der Waals surface area contributed by atoms with Gasteiger partial charge in [0.15, 0.2) is 5.78 Å². The van der Waals surface area contributed by atoms with Crippen LogP contribution in [0.5, 0.6) is 5.75 Å². The number of benzene rings is 2. The topological polar surface area (TPSA) is 71.8 Å². The molecule has 5 rings (SSSR count). The molecule has 1 saturated heterocycles. The first-order chi connectivity index (χ1) is 16.6. The fraction of sp³-hybridized carbons (Fsp3) is 0.286. The van der Waals surface area contributed by atoms with E-state index in [1.807, 2.05) is 24.3 Å². The molecular weight excluding hydrogens is 428 g/mol. The lowest BCUT2D eigenvalue weighted by Gasteiger charge is -2.17. The number of carbonyl (C=O) groups is 2. The van der Waals surface area contributed by atoms with Gasteiger partial charge in [0.2, 0.25) is 0 Å². The van der Waals surface area contributed by atoms with Crippen molar-refractivity contribution in [3.63, 3.8) is 0 Å². The molecule has 6 nitrogen and oxygen atoms in total. The summed E-state index contributed by atoms with van der Waals surface area (Å²) in [5, 5.41) is 10.3. The third-order valence-corrected chi connectivity index (χ3v) is 6.60. The molecule has 3 aromatic rings. The number of aromatic nitrogens is 1. The summed E-state index contributed by atoms with van der Waals surface area (Å²) in [6.45, 7) is 4.51. The van der Waals surface area contributed by atoms with Gasteiger partial charge in [-0.15, -0.1) is 0 Å². The SMILES string of the molecule is O=C(O)C1=CC=C(Cn2c(-c3ccc(OCCN4CCCC4)cc3)cc3ccccc32)CC1=O. The molecule has 1 aromatic heterocycles. The van der Waals surface area contributed by atoms with Crippen LogP contribution in [0, 0.1) is 0 Å². The van der Waals surface area contributed by atoms with Crippen molar-refractivity contribution < 1.29 is 19.4 Å². The number of hydrogen-bond donors (Lipinski definition) is 1. The summed E-state index contributed by atoms with van der Waals surface area (Å²) < 4.78 is 8.15. The Bertz CT molecular complexity index is 1280. The zero-order valence-corrected chi connectivity index (χ0v) is 19.1. The number of likely N-dealkylation sites (tertiary alicyclic amines) is 1. The highest BCUT2D eigenvalue weighted by Crippen LogP contribution is 2.31. The van der Waals surface area contributed by atoms with Crippen molar-refractivity contribution in [1.82, 2.24) is 9.47 Å². The highest BCUT2D eigenvalue weighted by Gasteiger charge is 2.22. The van der Waals surface area contributed by atoms with E-state index in [1.54, 1.807) is 6.08 Å². The number of rotatable bonds is 8. The van der Waals surface area contributed by atoms with E-state index in [1.165, 1.54) is 32.0 Å². The second-order valence-electron chi connectivity index (χ2n) is 8.91. The molecule has 2 heterocycles. The second kappa shape index (κ2) is 9.69. The van der Waals surface area contributed by atoms with E-state index in [0.717, 1.165) is 40.0 Å². The lowest BCUT2D eigenvalue weighted by Crippen LogP contribution is -2.25. The van der Waals surface area contributed by atoms with Crippen LogP contribution in [-0.4, -0.2) is 52.6 Å². The highest BCUT2D eigenvalue weighted by atomic mass is 16.5. The van der Waals surface area contributed by atoms with Gasteiger partial charge < -0.3 is 14.4 Å². The fourth-order valence-electron chi connectivity index (χ4n) is 4.80. The maximum absolute atomic E-state index is 12.3. The standard InChI is InChI=1S/C28H28N2O4/c31-27-17-20(7-12-24(27)28(32)33)19-30-25-6-2-1-5-22(25)18-26(30)21-8-10-23(11-9-21)34-16-15-29-13-3-4-14-29/h1-2,5-12,18H,3-4,13-17,19H2,(H,32,33). The molecule has 0 amide bonds. The molecule has 1 N–H and O–H groups in total. The summed E-state index contributed by atoms with van der Waals surface area (Å²) >= 11 is 0. The molecule has 0 unspecified atom stereocenters. The smallest absolute Gasteiger partial charge is 0.339 e. The van der Waals surface area contributed by atoms with Crippen LogP contribution in [0.4, 0.5) is 0 Å². The van der Waals surface area contributed by atoms with Crippen LogP contribution in [0.3, 0.4) is 0 Å². The van der Waals surface area contributed by atoms with Crippen LogP contribution in [0.2, 0.25) is 0 Å². The Morgan fingerprint density at radius 1 is 1.00 bits per heavy atom. The average molecular weight is 457 g/mol. The van der Waals surface area contributed by atoms with Gasteiger partial charge in [-0.2, -0.15) is 0 Å². The number of nitrogens with zero attached hydrogens (tertiary/aromatic N) is 2. The number of ketones is 1. The lowest BCUT2D eigenvalue weighted by molar-refractivity contribution is -0.134.